The summed E-state index contributed by atoms with van der Waals surface area (Å²) in [6.45, 7) is 3.50. The van der Waals surface area contributed by atoms with Crippen molar-refractivity contribution in [1.82, 2.24) is 10.6 Å². The zero-order chi connectivity index (χ0) is 27.8. The van der Waals surface area contributed by atoms with Crippen LogP contribution < -0.4 is 15.5 Å². The van der Waals surface area contributed by atoms with Gasteiger partial charge in [0.1, 0.15) is 18.2 Å². The van der Waals surface area contributed by atoms with E-state index in [0.717, 1.165) is 18.1 Å². The number of rotatable bonds is 12. The van der Waals surface area contributed by atoms with E-state index in [2.05, 4.69) is 29.7 Å². The number of hydrogen-bond donors (Lipinski definition) is 3. The Morgan fingerprint density at radius 2 is 1.72 bits per heavy atom. The van der Waals surface area contributed by atoms with E-state index in [4.69, 9.17) is 4.74 Å². The van der Waals surface area contributed by atoms with E-state index in [0.29, 0.717) is 36.5 Å². The second kappa shape index (κ2) is 13.3. The lowest BCUT2D eigenvalue weighted by molar-refractivity contribution is -0.122. The molecule has 206 valence electrons. The molecule has 1 aliphatic rings. The van der Waals surface area contributed by atoms with Crippen LogP contribution in [0.25, 0.3) is 0 Å². The molecule has 1 fully saturated rings. The molecule has 3 aromatic carbocycles. The Balaban J connectivity index is 1.42. The van der Waals surface area contributed by atoms with Crippen LogP contribution in [0.3, 0.4) is 0 Å². The molecular formula is C30H33F2N3O4. The smallest absolute Gasteiger partial charge is 0.414 e. The van der Waals surface area contributed by atoms with Crippen molar-refractivity contribution in [3.63, 3.8) is 0 Å². The maximum Gasteiger partial charge on any atom is 0.414 e. The van der Waals surface area contributed by atoms with Gasteiger partial charge >= 0.3 is 6.09 Å². The summed E-state index contributed by atoms with van der Waals surface area (Å²) >= 11 is 0. The van der Waals surface area contributed by atoms with Crippen LogP contribution in [0, 0.1) is 11.6 Å². The number of anilines is 1. The van der Waals surface area contributed by atoms with Crippen molar-refractivity contribution >= 4 is 17.7 Å². The fraction of sp³-hybridized carbons (Fsp3) is 0.333. The predicted octanol–water partition coefficient (Wildman–Crippen LogP) is 3.90. The summed E-state index contributed by atoms with van der Waals surface area (Å²) in [5.41, 5.74) is 3.89. The molecule has 0 spiro atoms. The molecule has 1 heterocycles. The lowest BCUT2D eigenvalue weighted by atomic mass is 10.00. The Labute approximate surface area is 226 Å². The van der Waals surface area contributed by atoms with Crippen LogP contribution in [0.15, 0.2) is 66.7 Å². The summed E-state index contributed by atoms with van der Waals surface area (Å²) in [6, 6.07) is 17.5. The number of aliphatic hydroxyl groups is 1. The second-order valence-corrected chi connectivity index (χ2v) is 9.64. The molecule has 0 aromatic heterocycles. The van der Waals surface area contributed by atoms with Gasteiger partial charge in [-0.3, -0.25) is 9.69 Å². The summed E-state index contributed by atoms with van der Waals surface area (Å²) in [6.07, 6.45) is -0.515. The quantitative estimate of drug-likeness (QED) is 0.326. The van der Waals surface area contributed by atoms with E-state index >= 15 is 0 Å². The maximum atomic E-state index is 13.8. The Kier molecular flexibility index (Phi) is 9.62. The van der Waals surface area contributed by atoms with E-state index in [-0.39, 0.29) is 25.3 Å². The third kappa shape index (κ3) is 8.08. The standard InChI is InChI=1S/C30H33F2N3O4/c1-2-20-5-3-7-22(11-20)18-33-19-28(36)27(15-23-12-24(31)17-25(32)13-23)34-29(37)16-21-6-4-8-26(14-21)35-9-10-39-30(35)38/h3-8,11-14,17,27-28,33,36H,2,9-10,15-16,18-19H2,1H3,(H,34,37)/t27-,28+/m1/s1. The van der Waals surface area contributed by atoms with Gasteiger partial charge in [-0.05, 0) is 59.4 Å². The van der Waals surface area contributed by atoms with E-state index in [1.165, 1.54) is 22.6 Å². The minimum Gasteiger partial charge on any atom is -0.447 e. The minimum absolute atomic E-state index is 0.00526. The first kappa shape index (κ1) is 28.2. The average Bonchev–Trinajstić information content (AvgIpc) is 3.33. The van der Waals surface area contributed by atoms with Gasteiger partial charge in [-0.15, -0.1) is 0 Å². The zero-order valence-corrected chi connectivity index (χ0v) is 21.8. The first-order chi connectivity index (χ1) is 18.8. The highest BCUT2D eigenvalue weighted by atomic mass is 19.1. The number of cyclic esters (lactones) is 1. The topological polar surface area (TPSA) is 90.9 Å². The van der Waals surface area contributed by atoms with Crippen LogP contribution in [0.5, 0.6) is 0 Å². The van der Waals surface area contributed by atoms with Gasteiger partial charge in [-0.25, -0.2) is 13.6 Å². The highest BCUT2D eigenvalue weighted by molar-refractivity contribution is 5.89. The third-order valence-electron chi connectivity index (χ3n) is 6.62. The summed E-state index contributed by atoms with van der Waals surface area (Å²) in [5.74, 6) is -1.82. The molecule has 3 aromatic rings. The maximum absolute atomic E-state index is 13.8. The van der Waals surface area contributed by atoms with Crippen molar-refractivity contribution in [2.75, 3.05) is 24.6 Å². The molecule has 0 saturated carbocycles. The van der Waals surface area contributed by atoms with Gasteiger partial charge in [-0.2, -0.15) is 0 Å². The fourth-order valence-electron chi connectivity index (χ4n) is 4.64. The number of benzene rings is 3. The first-order valence-electron chi connectivity index (χ1n) is 13.0. The highest BCUT2D eigenvalue weighted by Gasteiger charge is 2.25. The van der Waals surface area contributed by atoms with Crippen molar-refractivity contribution in [3.05, 3.63) is 101 Å². The first-order valence-corrected chi connectivity index (χ1v) is 13.0. The number of carbonyl (C=O) groups excluding carboxylic acids is 2. The number of nitrogens with zero attached hydrogens (tertiary/aromatic N) is 1. The molecule has 1 aliphatic heterocycles. The number of halogens is 2. The normalized spacial score (nSPS) is 14.7. The van der Waals surface area contributed by atoms with Crippen LogP contribution in [0.1, 0.15) is 29.2 Å². The van der Waals surface area contributed by atoms with E-state index in [1.807, 2.05) is 12.1 Å². The van der Waals surface area contributed by atoms with Crippen molar-refractivity contribution in [2.24, 2.45) is 0 Å². The predicted molar refractivity (Wildman–Crippen MR) is 144 cm³/mol. The Morgan fingerprint density at radius 1 is 1.00 bits per heavy atom. The molecule has 0 aliphatic carbocycles. The van der Waals surface area contributed by atoms with Gasteiger partial charge in [0.05, 0.1) is 25.1 Å². The monoisotopic (exact) mass is 537 g/mol. The molecular weight excluding hydrogens is 504 g/mol. The number of aryl methyl sites for hydroxylation is 1. The molecule has 0 unspecified atom stereocenters. The van der Waals surface area contributed by atoms with Crippen molar-refractivity contribution < 1.29 is 28.2 Å². The summed E-state index contributed by atoms with van der Waals surface area (Å²) < 4.78 is 32.7. The number of amides is 2. The number of aliphatic hydroxyl groups excluding tert-OH is 1. The molecule has 1 saturated heterocycles. The van der Waals surface area contributed by atoms with Crippen molar-refractivity contribution in [3.8, 4) is 0 Å². The van der Waals surface area contributed by atoms with Gasteiger partial charge in [0.25, 0.3) is 0 Å². The molecule has 39 heavy (non-hydrogen) atoms. The van der Waals surface area contributed by atoms with Crippen molar-refractivity contribution in [1.29, 1.82) is 0 Å². The van der Waals surface area contributed by atoms with Gasteiger partial charge in [0.15, 0.2) is 0 Å². The molecule has 2 atom stereocenters. The molecule has 4 rings (SSSR count). The van der Waals surface area contributed by atoms with Crippen LogP contribution in [0.4, 0.5) is 19.3 Å². The average molecular weight is 538 g/mol. The summed E-state index contributed by atoms with van der Waals surface area (Å²) in [4.78, 5) is 26.4. The SMILES string of the molecule is CCc1cccc(CNC[C@H](O)[C@@H](Cc2cc(F)cc(F)c2)NC(=O)Cc2cccc(N3CCOC3=O)c2)c1. The van der Waals surface area contributed by atoms with Gasteiger partial charge in [0, 0.05) is 24.8 Å². The van der Waals surface area contributed by atoms with Crippen LogP contribution in [-0.2, 0) is 35.3 Å². The molecule has 9 heteroatoms. The van der Waals surface area contributed by atoms with Crippen LogP contribution >= 0.6 is 0 Å². The largest absolute Gasteiger partial charge is 0.447 e. The molecule has 2 amide bonds. The van der Waals surface area contributed by atoms with Crippen LogP contribution in [0.2, 0.25) is 0 Å². The Bertz CT molecular complexity index is 1280. The summed E-state index contributed by atoms with van der Waals surface area (Å²) in [7, 11) is 0. The van der Waals surface area contributed by atoms with Gasteiger partial charge in [0.2, 0.25) is 5.91 Å². The molecule has 0 bridgehead atoms. The molecule has 0 radical (unpaired) electrons. The Morgan fingerprint density at radius 3 is 2.44 bits per heavy atom. The highest BCUT2D eigenvalue weighted by Crippen LogP contribution is 2.20. The van der Waals surface area contributed by atoms with E-state index in [1.54, 1.807) is 24.3 Å². The Hall–Kier alpha value is -3.82. The fourth-order valence-corrected chi connectivity index (χ4v) is 4.64. The van der Waals surface area contributed by atoms with Crippen LogP contribution in [-0.4, -0.2) is 48.9 Å². The van der Waals surface area contributed by atoms with Gasteiger partial charge < -0.3 is 20.5 Å². The van der Waals surface area contributed by atoms with Gasteiger partial charge in [-0.1, -0.05) is 43.3 Å². The zero-order valence-electron chi connectivity index (χ0n) is 21.8. The second-order valence-electron chi connectivity index (χ2n) is 9.64. The van der Waals surface area contributed by atoms with Crippen molar-refractivity contribution in [2.45, 2.75) is 44.9 Å². The third-order valence-corrected chi connectivity index (χ3v) is 6.62. The van der Waals surface area contributed by atoms with E-state index < -0.39 is 29.9 Å². The number of carbonyl (C=O) groups is 2. The summed E-state index contributed by atoms with van der Waals surface area (Å²) in [5, 5.41) is 17.0. The molecule has 7 nitrogen and oxygen atoms in total. The number of hydrogen-bond acceptors (Lipinski definition) is 5. The lowest BCUT2D eigenvalue weighted by Gasteiger charge is -2.25. The lowest BCUT2D eigenvalue weighted by Crippen LogP contribution is -2.49. The minimum atomic E-state index is -1.03. The number of ether oxygens (including phenoxy) is 1. The number of nitrogens with one attached hydrogen (secondary N) is 2. The molecule has 3 N–H and O–H groups in total. The van der Waals surface area contributed by atoms with E-state index in [9.17, 15) is 23.5 Å².